The molecule has 25 heavy (non-hydrogen) atoms. The van der Waals surface area contributed by atoms with Crippen molar-refractivity contribution in [3.05, 3.63) is 54.2 Å². The second-order valence-electron chi connectivity index (χ2n) is 5.19. The van der Waals surface area contributed by atoms with Crippen LogP contribution < -0.4 is 14.8 Å². The Morgan fingerprint density at radius 2 is 1.96 bits per heavy atom. The van der Waals surface area contributed by atoms with Gasteiger partial charge in [-0.3, -0.25) is 4.99 Å². The SMILES string of the molecule is CN=C(NCc1ccc(OC)nc1)N(C)CCOc1ccccc1.I. The third-order valence-electron chi connectivity index (χ3n) is 3.47. The van der Waals surface area contributed by atoms with Crippen molar-refractivity contribution in [2.24, 2.45) is 4.99 Å². The molecule has 0 unspecified atom stereocenters. The van der Waals surface area contributed by atoms with Gasteiger partial charge in [0.15, 0.2) is 5.96 Å². The summed E-state index contributed by atoms with van der Waals surface area (Å²) in [5.41, 5.74) is 1.06. The van der Waals surface area contributed by atoms with Crippen molar-refractivity contribution >= 4 is 29.9 Å². The van der Waals surface area contributed by atoms with Crippen LogP contribution in [0.15, 0.2) is 53.7 Å². The lowest BCUT2D eigenvalue weighted by atomic mass is 10.3. The molecular formula is C18H25IN4O2. The maximum Gasteiger partial charge on any atom is 0.212 e. The van der Waals surface area contributed by atoms with Crippen molar-refractivity contribution in [3.63, 3.8) is 0 Å². The van der Waals surface area contributed by atoms with Gasteiger partial charge in [0.05, 0.1) is 13.7 Å². The quantitative estimate of drug-likeness (QED) is 0.395. The van der Waals surface area contributed by atoms with Crippen molar-refractivity contribution in [1.29, 1.82) is 0 Å². The zero-order valence-corrected chi connectivity index (χ0v) is 17.1. The Kier molecular flexibility index (Phi) is 9.68. The van der Waals surface area contributed by atoms with Crippen LogP contribution in [-0.2, 0) is 6.54 Å². The molecule has 0 saturated carbocycles. The average molecular weight is 456 g/mol. The molecule has 1 aromatic carbocycles. The highest BCUT2D eigenvalue weighted by Gasteiger charge is 2.06. The number of aromatic nitrogens is 1. The third kappa shape index (κ3) is 7.16. The molecule has 1 aromatic heterocycles. The van der Waals surface area contributed by atoms with E-state index in [9.17, 15) is 0 Å². The molecule has 0 aliphatic heterocycles. The maximum absolute atomic E-state index is 5.71. The number of nitrogens with zero attached hydrogens (tertiary/aromatic N) is 3. The molecule has 0 saturated heterocycles. The minimum atomic E-state index is 0. The first-order valence-electron chi connectivity index (χ1n) is 7.81. The summed E-state index contributed by atoms with van der Waals surface area (Å²) in [5, 5.41) is 3.31. The molecule has 0 aliphatic rings. The molecule has 136 valence electrons. The third-order valence-corrected chi connectivity index (χ3v) is 3.47. The number of halogens is 1. The molecule has 6 nitrogen and oxygen atoms in total. The minimum Gasteiger partial charge on any atom is -0.492 e. The predicted octanol–water partition coefficient (Wildman–Crippen LogP) is 2.79. The number of likely N-dealkylation sites (N-methyl/N-ethyl adjacent to an activating group) is 1. The first-order valence-corrected chi connectivity index (χ1v) is 7.81. The number of guanidine groups is 1. The van der Waals surface area contributed by atoms with E-state index in [1.54, 1.807) is 20.4 Å². The van der Waals surface area contributed by atoms with Gasteiger partial charge in [-0.25, -0.2) is 4.98 Å². The Bertz CT molecular complexity index is 635. The van der Waals surface area contributed by atoms with Crippen molar-refractivity contribution < 1.29 is 9.47 Å². The molecule has 0 bridgehead atoms. The van der Waals surface area contributed by atoms with Crippen LogP contribution in [0, 0.1) is 0 Å². The molecule has 1 N–H and O–H groups in total. The Hall–Kier alpha value is -2.03. The van der Waals surface area contributed by atoms with Crippen LogP contribution in [0.3, 0.4) is 0 Å². The van der Waals surface area contributed by atoms with Gasteiger partial charge in [0, 0.05) is 32.9 Å². The Morgan fingerprint density at radius 1 is 1.20 bits per heavy atom. The fraction of sp³-hybridized carbons (Fsp3) is 0.333. The smallest absolute Gasteiger partial charge is 0.212 e. The summed E-state index contributed by atoms with van der Waals surface area (Å²) in [4.78, 5) is 10.5. The van der Waals surface area contributed by atoms with Crippen LogP contribution in [0.4, 0.5) is 0 Å². The van der Waals surface area contributed by atoms with Gasteiger partial charge in [0.1, 0.15) is 12.4 Å². The van der Waals surface area contributed by atoms with Gasteiger partial charge in [0.2, 0.25) is 5.88 Å². The number of pyridine rings is 1. The summed E-state index contributed by atoms with van der Waals surface area (Å²) in [5.74, 6) is 2.29. The first-order chi connectivity index (χ1) is 11.7. The molecule has 0 fully saturated rings. The van der Waals surface area contributed by atoms with E-state index >= 15 is 0 Å². The topological polar surface area (TPSA) is 59.0 Å². The van der Waals surface area contributed by atoms with E-state index < -0.39 is 0 Å². The van der Waals surface area contributed by atoms with Gasteiger partial charge in [-0.2, -0.15) is 0 Å². The van der Waals surface area contributed by atoms with Crippen molar-refractivity contribution in [2.45, 2.75) is 6.54 Å². The molecular weight excluding hydrogens is 431 g/mol. The molecule has 7 heteroatoms. The van der Waals surface area contributed by atoms with Gasteiger partial charge in [-0.15, -0.1) is 24.0 Å². The largest absolute Gasteiger partial charge is 0.492 e. The second-order valence-corrected chi connectivity index (χ2v) is 5.19. The average Bonchev–Trinajstić information content (AvgIpc) is 2.63. The van der Waals surface area contributed by atoms with Crippen molar-refractivity contribution in [1.82, 2.24) is 15.2 Å². The summed E-state index contributed by atoms with van der Waals surface area (Å²) < 4.78 is 10.8. The lowest BCUT2D eigenvalue weighted by Crippen LogP contribution is -2.40. The van der Waals surface area contributed by atoms with E-state index in [0.717, 1.165) is 23.8 Å². The number of aliphatic imine (C=N–C) groups is 1. The van der Waals surface area contributed by atoms with E-state index in [1.807, 2.05) is 54.4 Å². The summed E-state index contributed by atoms with van der Waals surface area (Å²) in [6, 6.07) is 13.6. The van der Waals surface area contributed by atoms with Gasteiger partial charge in [0.25, 0.3) is 0 Å². The molecule has 1 heterocycles. The van der Waals surface area contributed by atoms with Crippen molar-refractivity contribution in [3.8, 4) is 11.6 Å². The fourth-order valence-electron chi connectivity index (χ4n) is 2.13. The minimum absolute atomic E-state index is 0. The number of hydrogen-bond donors (Lipinski definition) is 1. The lowest BCUT2D eigenvalue weighted by Gasteiger charge is -2.22. The molecule has 0 spiro atoms. The second kappa shape index (κ2) is 11.5. The van der Waals surface area contributed by atoms with Crippen LogP contribution in [0.5, 0.6) is 11.6 Å². The monoisotopic (exact) mass is 456 g/mol. The van der Waals surface area contributed by atoms with Crippen LogP contribution in [-0.4, -0.2) is 50.2 Å². The number of hydrogen-bond acceptors (Lipinski definition) is 4. The first kappa shape index (κ1) is 21.0. The Morgan fingerprint density at radius 3 is 2.56 bits per heavy atom. The Balaban J connectivity index is 0.00000312. The zero-order chi connectivity index (χ0) is 17.2. The molecule has 0 amide bonds. The van der Waals surface area contributed by atoms with E-state index in [2.05, 4.69) is 15.3 Å². The number of ether oxygens (including phenoxy) is 2. The van der Waals surface area contributed by atoms with Crippen LogP contribution in [0.2, 0.25) is 0 Å². The fourth-order valence-corrected chi connectivity index (χ4v) is 2.13. The van der Waals surface area contributed by atoms with E-state index in [-0.39, 0.29) is 24.0 Å². The molecule has 0 aliphatic carbocycles. The number of benzene rings is 1. The molecule has 0 radical (unpaired) electrons. The summed E-state index contributed by atoms with van der Waals surface area (Å²) in [6.07, 6.45) is 1.79. The van der Waals surface area contributed by atoms with E-state index in [0.29, 0.717) is 19.0 Å². The van der Waals surface area contributed by atoms with Gasteiger partial charge in [-0.1, -0.05) is 24.3 Å². The maximum atomic E-state index is 5.71. The standard InChI is InChI=1S/C18H24N4O2.HI/c1-19-18(21-14-15-9-10-17(23-3)20-13-15)22(2)11-12-24-16-7-5-4-6-8-16;/h4-10,13H,11-12,14H2,1-3H3,(H,19,21);1H. The molecule has 2 aromatic rings. The van der Waals surface area contributed by atoms with Gasteiger partial charge < -0.3 is 19.7 Å². The van der Waals surface area contributed by atoms with Crippen molar-refractivity contribution in [2.75, 3.05) is 34.4 Å². The summed E-state index contributed by atoms with van der Waals surface area (Å²) in [7, 11) is 5.35. The van der Waals surface area contributed by atoms with Gasteiger partial charge >= 0.3 is 0 Å². The number of methoxy groups -OCH3 is 1. The van der Waals surface area contributed by atoms with E-state index in [4.69, 9.17) is 9.47 Å². The normalized spacial score (nSPS) is 10.6. The van der Waals surface area contributed by atoms with Gasteiger partial charge in [-0.05, 0) is 17.7 Å². The lowest BCUT2D eigenvalue weighted by molar-refractivity contribution is 0.281. The summed E-state index contributed by atoms with van der Waals surface area (Å²) >= 11 is 0. The Labute approximate surface area is 166 Å². The highest BCUT2D eigenvalue weighted by atomic mass is 127. The number of nitrogens with one attached hydrogen (secondary N) is 1. The van der Waals surface area contributed by atoms with Crippen LogP contribution >= 0.6 is 24.0 Å². The van der Waals surface area contributed by atoms with E-state index in [1.165, 1.54) is 0 Å². The molecule has 0 atom stereocenters. The number of rotatable bonds is 7. The van der Waals surface area contributed by atoms with Crippen LogP contribution in [0.25, 0.3) is 0 Å². The van der Waals surface area contributed by atoms with Crippen LogP contribution in [0.1, 0.15) is 5.56 Å². The highest BCUT2D eigenvalue weighted by molar-refractivity contribution is 14.0. The number of para-hydroxylation sites is 1. The highest BCUT2D eigenvalue weighted by Crippen LogP contribution is 2.08. The molecule has 2 rings (SSSR count). The summed E-state index contributed by atoms with van der Waals surface area (Å²) in [6.45, 7) is 1.97. The zero-order valence-electron chi connectivity index (χ0n) is 14.8. The predicted molar refractivity (Wildman–Crippen MR) is 111 cm³/mol.